The zero-order chi connectivity index (χ0) is 30.2. The molecule has 0 aliphatic rings. The molecule has 0 radical (unpaired) electrons. The number of rotatable bonds is 23. The first-order valence-electron chi connectivity index (χ1n) is 17.3. The monoisotopic (exact) mass is 606 g/mol. The van der Waals surface area contributed by atoms with Crippen LogP contribution in [-0.4, -0.2) is 33.1 Å². The molecule has 0 N–H and O–H groups in total. The number of benzene rings is 2. The molecule has 3 nitrogen and oxygen atoms in total. The second-order valence-electron chi connectivity index (χ2n) is 12.6. The van der Waals surface area contributed by atoms with E-state index in [1.807, 2.05) is 18.2 Å². The Kier molecular flexibility index (Phi) is 15.9. The van der Waals surface area contributed by atoms with Gasteiger partial charge in [-0.05, 0) is 0 Å². The van der Waals surface area contributed by atoms with Crippen molar-refractivity contribution < 1.29 is 12.4 Å². The van der Waals surface area contributed by atoms with Crippen LogP contribution in [0, 0.1) is 0 Å². The summed E-state index contributed by atoms with van der Waals surface area (Å²) < 4.78 is 37.0. The Morgan fingerprint density at radius 3 is 1.66 bits per heavy atom. The van der Waals surface area contributed by atoms with Gasteiger partial charge in [0.15, 0.2) is 0 Å². The summed E-state index contributed by atoms with van der Waals surface area (Å²) in [5.41, 5.74) is 2.27. The molecule has 2 aromatic carbocycles. The van der Waals surface area contributed by atoms with E-state index >= 15 is 0 Å². The predicted molar refractivity (Wildman–Crippen MR) is 185 cm³/mol. The van der Waals surface area contributed by atoms with E-state index in [0.29, 0.717) is 4.90 Å². The Balaban J connectivity index is 2.79. The molecule has 0 saturated carbocycles. The third-order valence-corrected chi connectivity index (χ3v) is 18.7. The second-order valence-corrected chi connectivity index (χ2v) is 20.2. The van der Waals surface area contributed by atoms with E-state index in [0.717, 1.165) is 112 Å². The van der Waals surface area contributed by atoms with Crippen LogP contribution in [0.3, 0.4) is 0 Å². The van der Waals surface area contributed by atoms with E-state index in [1.165, 1.54) is 37.7 Å². The number of hydrogen-bond acceptors (Lipinski definition) is 3. The van der Waals surface area contributed by atoms with Gasteiger partial charge in [-0.1, -0.05) is 0 Å². The fourth-order valence-corrected chi connectivity index (χ4v) is 16.4. The van der Waals surface area contributed by atoms with Crippen LogP contribution in [0.25, 0.3) is 10.8 Å². The van der Waals surface area contributed by atoms with Gasteiger partial charge in [0.2, 0.25) is 0 Å². The molecule has 2 aromatic rings. The zero-order valence-electron chi connectivity index (χ0n) is 27.6. The van der Waals surface area contributed by atoms with Gasteiger partial charge in [0, 0.05) is 0 Å². The van der Waals surface area contributed by atoms with Crippen molar-refractivity contribution >= 4 is 27.7 Å². The van der Waals surface area contributed by atoms with Crippen LogP contribution >= 0.6 is 6.83 Å². The third kappa shape index (κ3) is 10.0. The minimum atomic E-state index is -3.98. The standard InChI is InChI=1S/C36H63O3PS/c1-7-13-18-20-24-32-31-33-25-22-23-27-35(33)36(34(32)26-21-19-14-8-2)41(37,38)39-40(12-6,28-15-9-3,29-16-10-4)30-17-11-5/h22-23,25,27,31H,7-21,24,26,28-30H2,1-6H3. The van der Waals surface area contributed by atoms with Gasteiger partial charge in [0.25, 0.3) is 0 Å². The first-order valence-corrected chi connectivity index (χ1v) is 21.6. The molecule has 0 bridgehead atoms. The summed E-state index contributed by atoms with van der Waals surface area (Å²) >= 11 is 0. The molecule has 0 aliphatic heterocycles. The van der Waals surface area contributed by atoms with Crippen molar-refractivity contribution in [2.24, 2.45) is 0 Å². The van der Waals surface area contributed by atoms with E-state index < -0.39 is 16.9 Å². The molecular formula is C36H63O3PS. The quantitative estimate of drug-likeness (QED) is 0.0933. The summed E-state index contributed by atoms with van der Waals surface area (Å²) in [6.07, 6.45) is 21.0. The van der Waals surface area contributed by atoms with Gasteiger partial charge < -0.3 is 0 Å². The van der Waals surface area contributed by atoms with E-state index in [2.05, 4.69) is 53.7 Å². The molecule has 41 heavy (non-hydrogen) atoms. The SMILES string of the molecule is CCCCCCc1cc2ccccc2c(S(=O)(=O)OP(CC)(CCCC)(CCCC)CCCC)c1CCCCCC. The summed E-state index contributed by atoms with van der Waals surface area (Å²) in [7, 11) is -3.98. The van der Waals surface area contributed by atoms with Crippen LogP contribution in [0.15, 0.2) is 35.2 Å². The van der Waals surface area contributed by atoms with E-state index in [9.17, 15) is 8.42 Å². The Morgan fingerprint density at radius 2 is 1.15 bits per heavy atom. The van der Waals surface area contributed by atoms with Crippen LogP contribution in [0.5, 0.6) is 0 Å². The average Bonchev–Trinajstić information content (AvgIpc) is 2.98. The summed E-state index contributed by atoms with van der Waals surface area (Å²) in [6, 6.07) is 10.4. The first-order chi connectivity index (χ1) is 19.7. The van der Waals surface area contributed by atoms with E-state index in [-0.39, 0.29) is 0 Å². The fraction of sp³-hybridized carbons (Fsp3) is 0.722. The van der Waals surface area contributed by atoms with E-state index in [1.54, 1.807) is 0 Å². The van der Waals surface area contributed by atoms with Crippen LogP contribution < -0.4 is 0 Å². The predicted octanol–water partition coefficient (Wildman–Crippen LogP) is 11.7. The second kappa shape index (κ2) is 18.0. The number of fused-ring (bicyclic) bond motifs is 1. The van der Waals surface area contributed by atoms with Crippen molar-refractivity contribution in [2.45, 2.75) is 149 Å². The Morgan fingerprint density at radius 1 is 0.634 bits per heavy atom. The number of unbranched alkanes of at least 4 members (excludes halogenated alkanes) is 9. The van der Waals surface area contributed by atoms with Crippen molar-refractivity contribution in [1.29, 1.82) is 0 Å². The normalized spacial score (nSPS) is 13.5. The molecule has 0 heterocycles. The fourth-order valence-electron chi connectivity index (χ4n) is 6.63. The molecule has 0 aliphatic carbocycles. The molecule has 0 aromatic heterocycles. The molecule has 0 atom stereocenters. The Labute approximate surface area is 254 Å². The molecule has 0 unspecified atom stereocenters. The number of hydrogen-bond donors (Lipinski definition) is 0. The summed E-state index contributed by atoms with van der Waals surface area (Å²) in [5, 5.41) is 1.88. The molecular weight excluding hydrogens is 543 g/mol. The van der Waals surface area contributed by atoms with Gasteiger partial charge in [-0.25, -0.2) is 0 Å². The summed E-state index contributed by atoms with van der Waals surface area (Å²) in [4.78, 5) is 0.504. The minimum absolute atomic E-state index is 0.504. The van der Waals surface area contributed by atoms with Gasteiger partial charge in [-0.15, -0.1) is 0 Å². The molecule has 236 valence electrons. The van der Waals surface area contributed by atoms with Gasteiger partial charge in [0.05, 0.1) is 0 Å². The molecule has 0 spiro atoms. The van der Waals surface area contributed by atoms with Gasteiger partial charge in [-0.3, -0.25) is 0 Å². The van der Waals surface area contributed by atoms with Crippen LogP contribution in [0.4, 0.5) is 0 Å². The molecule has 5 heteroatoms. The molecule has 0 amide bonds. The van der Waals surface area contributed by atoms with Crippen molar-refractivity contribution in [2.75, 3.05) is 24.6 Å². The molecule has 2 rings (SSSR count). The van der Waals surface area contributed by atoms with Gasteiger partial charge in [-0.2, -0.15) is 0 Å². The average molecular weight is 607 g/mol. The van der Waals surface area contributed by atoms with Crippen LogP contribution in [-0.2, 0) is 26.9 Å². The van der Waals surface area contributed by atoms with Gasteiger partial charge >= 0.3 is 255 Å². The first kappa shape index (κ1) is 36.2. The maximum absolute atomic E-state index is 15.0. The summed E-state index contributed by atoms with van der Waals surface area (Å²) in [6.45, 7) is 10.4. The van der Waals surface area contributed by atoms with Crippen LogP contribution in [0.2, 0.25) is 0 Å². The topological polar surface area (TPSA) is 43.4 Å². The zero-order valence-corrected chi connectivity index (χ0v) is 29.3. The van der Waals surface area contributed by atoms with E-state index in [4.69, 9.17) is 3.97 Å². The molecule has 0 fully saturated rings. The van der Waals surface area contributed by atoms with Crippen molar-refractivity contribution in [1.82, 2.24) is 0 Å². The Bertz CT molecular complexity index is 1120. The van der Waals surface area contributed by atoms with Crippen molar-refractivity contribution in [3.8, 4) is 0 Å². The van der Waals surface area contributed by atoms with Gasteiger partial charge in [0.1, 0.15) is 0 Å². The van der Waals surface area contributed by atoms with Crippen molar-refractivity contribution in [3.63, 3.8) is 0 Å². The Hall–Kier alpha value is -0.960. The van der Waals surface area contributed by atoms with Crippen molar-refractivity contribution in [3.05, 3.63) is 41.5 Å². The third-order valence-electron chi connectivity index (χ3n) is 9.37. The van der Waals surface area contributed by atoms with Crippen LogP contribution in [0.1, 0.15) is 143 Å². The molecule has 0 saturated heterocycles. The maximum atomic E-state index is 15.0. The summed E-state index contributed by atoms with van der Waals surface area (Å²) in [5.74, 6) is 0. The number of aryl methyl sites for hydroxylation is 1.